The molecular formula is C12H15NO4S. The lowest BCUT2D eigenvalue weighted by Crippen LogP contribution is -2.32. The Balaban J connectivity index is 2.03. The van der Waals surface area contributed by atoms with Crippen LogP contribution in [0.25, 0.3) is 0 Å². The van der Waals surface area contributed by atoms with Gasteiger partial charge in [0, 0.05) is 30.6 Å². The zero-order chi connectivity index (χ0) is 13.0. The molecule has 0 amide bonds. The molecule has 1 saturated heterocycles. The van der Waals surface area contributed by atoms with E-state index < -0.39 is 0 Å². The maximum absolute atomic E-state index is 12.0. The van der Waals surface area contributed by atoms with E-state index in [0.29, 0.717) is 24.5 Å². The number of phenolic OH excluding ortho intramolecular Hbond substituents is 1. The van der Waals surface area contributed by atoms with Gasteiger partial charge in [-0.25, -0.2) is 4.31 Å². The summed E-state index contributed by atoms with van der Waals surface area (Å²) in [5.74, 6) is 0.342. The summed E-state index contributed by atoms with van der Waals surface area (Å²) < 4.78 is 12.2. The molecule has 0 bridgehead atoms. The van der Waals surface area contributed by atoms with Gasteiger partial charge in [-0.15, -0.1) is 0 Å². The van der Waals surface area contributed by atoms with Crippen LogP contribution in [0.5, 0.6) is 11.5 Å². The summed E-state index contributed by atoms with van der Waals surface area (Å²) in [6.45, 7) is 2.79. The highest BCUT2D eigenvalue weighted by molar-refractivity contribution is 8.12. The van der Waals surface area contributed by atoms with Crippen LogP contribution in [0.2, 0.25) is 0 Å². The molecule has 1 heterocycles. The number of ether oxygens (including phenoxy) is 2. The Morgan fingerprint density at radius 1 is 1.44 bits per heavy atom. The summed E-state index contributed by atoms with van der Waals surface area (Å²) in [7, 11) is 1.46. The maximum atomic E-state index is 12.0. The van der Waals surface area contributed by atoms with Crippen LogP contribution in [0, 0.1) is 0 Å². The number of hydrogen-bond acceptors (Lipinski definition) is 6. The van der Waals surface area contributed by atoms with Crippen molar-refractivity contribution in [3.05, 3.63) is 23.8 Å². The average Bonchev–Trinajstić information content (AvgIpc) is 2.40. The van der Waals surface area contributed by atoms with Crippen molar-refractivity contribution in [3.8, 4) is 11.5 Å². The van der Waals surface area contributed by atoms with E-state index >= 15 is 0 Å². The van der Waals surface area contributed by atoms with Crippen LogP contribution in [0.1, 0.15) is 10.4 Å². The van der Waals surface area contributed by atoms with Gasteiger partial charge in [-0.3, -0.25) is 4.79 Å². The predicted octanol–water partition coefficient (Wildman–Crippen LogP) is 1.52. The number of carbonyl (C=O) groups is 1. The Morgan fingerprint density at radius 3 is 2.83 bits per heavy atom. The first-order valence-electron chi connectivity index (χ1n) is 5.62. The van der Waals surface area contributed by atoms with Gasteiger partial charge < -0.3 is 14.6 Å². The molecule has 1 aliphatic rings. The minimum absolute atomic E-state index is 0.0328. The van der Waals surface area contributed by atoms with Crippen LogP contribution in [0.3, 0.4) is 0 Å². The van der Waals surface area contributed by atoms with Crippen molar-refractivity contribution < 1.29 is 19.4 Å². The molecule has 2 rings (SSSR count). The molecular weight excluding hydrogens is 254 g/mol. The zero-order valence-electron chi connectivity index (χ0n) is 10.1. The molecule has 0 spiro atoms. The molecule has 6 heteroatoms. The maximum Gasteiger partial charge on any atom is 0.234 e. The number of methoxy groups -OCH3 is 1. The van der Waals surface area contributed by atoms with Crippen molar-refractivity contribution in [2.24, 2.45) is 0 Å². The van der Waals surface area contributed by atoms with Gasteiger partial charge in [0.1, 0.15) is 0 Å². The minimum atomic E-state index is -0.0600. The molecule has 5 nitrogen and oxygen atoms in total. The molecule has 0 radical (unpaired) electrons. The first-order valence-corrected chi connectivity index (χ1v) is 6.40. The summed E-state index contributed by atoms with van der Waals surface area (Å²) in [6, 6.07) is 4.60. The van der Waals surface area contributed by atoms with Gasteiger partial charge >= 0.3 is 0 Å². The lowest BCUT2D eigenvalue weighted by atomic mass is 10.2. The topological polar surface area (TPSA) is 59.0 Å². The molecule has 0 aromatic heterocycles. The number of aromatic hydroxyl groups is 1. The number of phenols is 1. The van der Waals surface area contributed by atoms with E-state index in [4.69, 9.17) is 9.47 Å². The second-order valence-electron chi connectivity index (χ2n) is 3.81. The Bertz CT molecular complexity index is 432. The molecule has 18 heavy (non-hydrogen) atoms. The number of benzene rings is 1. The van der Waals surface area contributed by atoms with Gasteiger partial charge in [0.25, 0.3) is 0 Å². The molecule has 1 fully saturated rings. The molecule has 0 atom stereocenters. The van der Waals surface area contributed by atoms with Gasteiger partial charge in [0.15, 0.2) is 11.5 Å². The third-order valence-electron chi connectivity index (χ3n) is 2.60. The Morgan fingerprint density at radius 2 is 2.17 bits per heavy atom. The van der Waals surface area contributed by atoms with Crippen LogP contribution >= 0.6 is 11.9 Å². The standard InChI is InChI=1S/C12H15NO4S/c1-16-11-8-9(2-3-10(11)14)12(15)18-13-4-6-17-7-5-13/h2-3,8,14H,4-7H2,1H3. The Hall–Kier alpha value is -1.24. The molecule has 0 unspecified atom stereocenters. The number of carbonyl (C=O) groups excluding carboxylic acids is 1. The van der Waals surface area contributed by atoms with E-state index in [1.54, 1.807) is 12.1 Å². The fourth-order valence-electron chi connectivity index (χ4n) is 1.61. The second kappa shape index (κ2) is 6.08. The van der Waals surface area contributed by atoms with Crippen LogP contribution in [-0.2, 0) is 4.74 Å². The highest BCUT2D eigenvalue weighted by atomic mass is 32.2. The van der Waals surface area contributed by atoms with Crippen molar-refractivity contribution in [2.75, 3.05) is 33.4 Å². The van der Waals surface area contributed by atoms with Crippen LogP contribution in [0.15, 0.2) is 18.2 Å². The molecule has 1 N–H and O–H groups in total. The van der Waals surface area contributed by atoms with Gasteiger partial charge in [-0.1, -0.05) is 0 Å². The third kappa shape index (κ3) is 3.16. The lowest BCUT2D eigenvalue weighted by molar-refractivity contribution is 0.0766. The highest BCUT2D eigenvalue weighted by Gasteiger charge is 2.17. The van der Waals surface area contributed by atoms with E-state index in [1.165, 1.54) is 25.1 Å². The van der Waals surface area contributed by atoms with Gasteiger partial charge in [0.2, 0.25) is 5.12 Å². The molecule has 0 saturated carbocycles. The fourth-order valence-corrected chi connectivity index (χ4v) is 2.41. The van der Waals surface area contributed by atoms with Gasteiger partial charge in [-0.05, 0) is 18.2 Å². The number of morpholine rings is 1. The highest BCUT2D eigenvalue weighted by Crippen LogP contribution is 2.28. The van der Waals surface area contributed by atoms with Crippen molar-refractivity contribution in [1.82, 2.24) is 4.31 Å². The first-order chi connectivity index (χ1) is 8.70. The summed E-state index contributed by atoms with van der Waals surface area (Å²) >= 11 is 1.18. The van der Waals surface area contributed by atoms with Crippen molar-refractivity contribution in [3.63, 3.8) is 0 Å². The van der Waals surface area contributed by atoms with E-state index in [-0.39, 0.29) is 10.9 Å². The van der Waals surface area contributed by atoms with Crippen molar-refractivity contribution in [1.29, 1.82) is 0 Å². The van der Waals surface area contributed by atoms with E-state index in [1.807, 2.05) is 4.31 Å². The van der Waals surface area contributed by atoms with Crippen molar-refractivity contribution >= 4 is 17.1 Å². The van der Waals surface area contributed by atoms with E-state index in [0.717, 1.165) is 13.1 Å². The second-order valence-corrected chi connectivity index (χ2v) is 4.88. The van der Waals surface area contributed by atoms with Gasteiger partial charge in [-0.2, -0.15) is 0 Å². The quantitative estimate of drug-likeness (QED) is 0.840. The Kier molecular flexibility index (Phi) is 4.46. The Labute approximate surface area is 110 Å². The molecule has 1 aromatic rings. The van der Waals surface area contributed by atoms with Crippen LogP contribution in [0.4, 0.5) is 0 Å². The first kappa shape index (κ1) is 13.2. The normalized spacial score (nSPS) is 16.5. The monoisotopic (exact) mass is 269 g/mol. The van der Waals surface area contributed by atoms with Crippen LogP contribution in [-0.4, -0.2) is 47.9 Å². The number of nitrogens with zero attached hydrogens (tertiary/aromatic N) is 1. The minimum Gasteiger partial charge on any atom is -0.504 e. The van der Waals surface area contributed by atoms with E-state index in [9.17, 15) is 9.90 Å². The summed E-state index contributed by atoms with van der Waals surface area (Å²) in [6.07, 6.45) is 0. The molecule has 1 aliphatic heterocycles. The zero-order valence-corrected chi connectivity index (χ0v) is 10.9. The van der Waals surface area contributed by atoms with Crippen LogP contribution < -0.4 is 4.74 Å². The number of rotatable bonds is 3. The van der Waals surface area contributed by atoms with E-state index in [2.05, 4.69) is 0 Å². The molecule has 0 aliphatic carbocycles. The fraction of sp³-hybridized carbons (Fsp3) is 0.417. The van der Waals surface area contributed by atoms with Crippen molar-refractivity contribution in [2.45, 2.75) is 0 Å². The largest absolute Gasteiger partial charge is 0.504 e. The third-order valence-corrected chi connectivity index (χ3v) is 3.62. The summed E-state index contributed by atoms with van der Waals surface area (Å²) in [4.78, 5) is 12.0. The predicted molar refractivity (Wildman–Crippen MR) is 69.0 cm³/mol. The SMILES string of the molecule is COc1cc(C(=O)SN2CCOCC2)ccc1O. The lowest BCUT2D eigenvalue weighted by Gasteiger charge is -2.24. The smallest absolute Gasteiger partial charge is 0.234 e. The number of hydrogen-bond donors (Lipinski definition) is 1. The summed E-state index contributed by atoms with van der Waals surface area (Å²) in [5, 5.41) is 9.41. The van der Waals surface area contributed by atoms with Gasteiger partial charge in [0.05, 0.1) is 20.3 Å². The molecule has 98 valence electrons. The summed E-state index contributed by atoms with van der Waals surface area (Å²) in [5.41, 5.74) is 0.515. The average molecular weight is 269 g/mol. The molecule has 1 aromatic carbocycles.